The van der Waals surface area contributed by atoms with E-state index in [1.165, 1.54) is 0 Å². The largest absolute Gasteiger partial charge is 0.389 e. The predicted molar refractivity (Wildman–Crippen MR) is 56.4 cm³/mol. The molecule has 1 rings (SSSR count). The molecule has 0 aliphatic heterocycles. The monoisotopic (exact) mass is 253 g/mol. The van der Waals surface area contributed by atoms with Crippen molar-refractivity contribution in [1.29, 1.82) is 0 Å². The number of rotatable bonds is 5. The summed E-state index contributed by atoms with van der Waals surface area (Å²) in [4.78, 5) is 0.797. The van der Waals surface area contributed by atoms with E-state index in [4.69, 9.17) is 0 Å². The Balaban J connectivity index is 2.65. The Morgan fingerprint density at radius 2 is 2.12 bits per heavy atom. The molecule has 0 aromatic carbocycles. The van der Waals surface area contributed by atoms with E-state index >= 15 is 0 Å². The summed E-state index contributed by atoms with van der Waals surface area (Å²) in [5.74, 6) is 0. The van der Waals surface area contributed by atoms with E-state index in [-0.39, 0.29) is 12.5 Å². The van der Waals surface area contributed by atoms with Crippen molar-refractivity contribution in [3.8, 4) is 0 Å². The summed E-state index contributed by atoms with van der Waals surface area (Å²) in [7, 11) is 0. The summed E-state index contributed by atoms with van der Waals surface area (Å²) in [6.07, 6.45) is -4.87. The van der Waals surface area contributed by atoms with Gasteiger partial charge in [-0.3, -0.25) is 0 Å². The second-order valence-corrected chi connectivity index (χ2v) is 4.27. The minimum atomic E-state index is -4.11. The quantitative estimate of drug-likeness (QED) is 0.876. The zero-order chi connectivity index (χ0) is 12.2. The molecule has 0 amide bonds. The van der Waals surface area contributed by atoms with Gasteiger partial charge in [-0.2, -0.15) is 13.2 Å². The topological polar surface area (TPSA) is 37.8 Å². The molecule has 0 aliphatic rings. The first-order valence-electron chi connectivity index (χ1n) is 5.03. The first-order valence-corrected chi connectivity index (χ1v) is 5.80. The van der Waals surface area contributed by atoms with Crippen LogP contribution in [0.3, 0.4) is 0 Å². The van der Waals surface area contributed by atoms with E-state index in [0.717, 1.165) is 16.4 Å². The molecule has 1 aromatic heterocycles. The van der Waals surface area contributed by atoms with Crippen LogP contribution in [-0.4, -0.2) is 22.3 Å². The number of alkyl halides is 3. The van der Waals surface area contributed by atoms with Crippen molar-refractivity contribution in [1.82, 2.24) is 14.9 Å². The van der Waals surface area contributed by atoms with E-state index in [1.54, 1.807) is 6.92 Å². The van der Waals surface area contributed by atoms with Crippen LogP contribution in [0.15, 0.2) is 0 Å². The standard InChI is InChI=1S/C9H14F3N3S/c1-3-13-7(4-5-9(10,11)12)8-6(2)14-15-16-8/h7,13H,3-5H2,1-2H3. The SMILES string of the molecule is CCNC(CCC(F)(F)F)c1snnc1C. The molecule has 92 valence electrons. The van der Waals surface area contributed by atoms with Crippen molar-refractivity contribution in [2.24, 2.45) is 0 Å². The van der Waals surface area contributed by atoms with Gasteiger partial charge < -0.3 is 5.32 Å². The molecule has 0 saturated heterocycles. The van der Waals surface area contributed by atoms with E-state index in [0.29, 0.717) is 12.2 Å². The van der Waals surface area contributed by atoms with Crippen LogP contribution in [0.1, 0.15) is 36.4 Å². The Bertz CT molecular complexity index is 324. The van der Waals surface area contributed by atoms with Crippen molar-refractivity contribution < 1.29 is 13.2 Å². The van der Waals surface area contributed by atoms with Crippen LogP contribution >= 0.6 is 11.5 Å². The van der Waals surface area contributed by atoms with Gasteiger partial charge in [0, 0.05) is 12.5 Å². The number of aryl methyl sites for hydroxylation is 1. The Hall–Kier alpha value is -0.690. The fraction of sp³-hybridized carbons (Fsp3) is 0.778. The highest BCUT2D eigenvalue weighted by molar-refractivity contribution is 7.05. The van der Waals surface area contributed by atoms with Gasteiger partial charge in [0.2, 0.25) is 0 Å². The molecule has 1 unspecified atom stereocenters. The minimum Gasteiger partial charge on any atom is -0.309 e. The number of hydrogen-bond acceptors (Lipinski definition) is 4. The van der Waals surface area contributed by atoms with E-state index in [1.807, 2.05) is 6.92 Å². The molecule has 1 N–H and O–H groups in total. The third-order valence-corrected chi connectivity index (χ3v) is 3.11. The third-order valence-electron chi connectivity index (χ3n) is 2.17. The van der Waals surface area contributed by atoms with Gasteiger partial charge in [-0.1, -0.05) is 11.4 Å². The molecule has 1 heterocycles. The molecule has 0 aliphatic carbocycles. The number of aromatic nitrogens is 2. The molecule has 3 nitrogen and oxygen atoms in total. The average Bonchev–Trinajstić information content (AvgIpc) is 2.57. The highest BCUT2D eigenvalue weighted by Gasteiger charge is 2.29. The summed E-state index contributed by atoms with van der Waals surface area (Å²) in [6.45, 7) is 4.25. The Kier molecular flexibility index (Phi) is 4.67. The summed E-state index contributed by atoms with van der Waals surface area (Å²) >= 11 is 1.16. The maximum Gasteiger partial charge on any atom is 0.389 e. The van der Waals surface area contributed by atoms with Gasteiger partial charge in [0.1, 0.15) is 0 Å². The van der Waals surface area contributed by atoms with Gasteiger partial charge in [-0.15, -0.1) is 5.10 Å². The number of hydrogen-bond donors (Lipinski definition) is 1. The molecule has 0 bridgehead atoms. The van der Waals surface area contributed by atoms with Crippen LogP contribution in [0.5, 0.6) is 0 Å². The van der Waals surface area contributed by atoms with E-state index in [9.17, 15) is 13.2 Å². The van der Waals surface area contributed by atoms with Crippen LogP contribution in [0.25, 0.3) is 0 Å². The van der Waals surface area contributed by atoms with E-state index in [2.05, 4.69) is 14.9 Å². The summed E-state index contributed by atoms with van der Waals surface area (Å²) in [6, 6.07) is -0.299. The fourth-order valence-electron chi connectivity index (χ4n) is 1.44. The second kappa shape index (κ2) is 5.58. The van der Waals surface area contributed by atoms with Crippen molar-refractivity contribution in [3.05, 3.63) is 10.6 Å². The number of nitrogens with one attached hydrogen (secondary N) is 1. The molecular formula is C9H14F3N3S. The maximum absolute atomic E-state index is 12.1. The summed E-state index contributed by atoms with van der Waals surface area (Å²) < 4.78 is 40.2. The van der Waals surface area contributed by atoms with Crippen LogP contribution < -0.4 is 5.32 Å². The summed E-state index contributed by atoms with van der Waals surface area (Å²) in [5.41, 5.74) is 0.707. The minimum absolute atomic E-state index is 0.0298. The zero-order valence-electron chi connectivity index (χ0n) is 9.14. The average molecular weight is 253 g/mol. The first-order chi connectivity index (χ1) is 7.44. The zero-order valence-corrected chi connectivity index (χ0v) is 9.95. The lowest BCUT2D eigenvalue weighted by molar-refractivity contribution is -0.136. The van der Waals surface area contributed by atoms with Crippen LogP contribution in [0.4, 0.5) is 13.2 Å². The molecule has 1 atom stereocenters. The van der Waals surface area contributed by atoms with Crippen molar-refractivity contribution in [3.63, 3.8) is 0 Å². The molecule has 0 spiro atoms. The van der Waals surface area contributed by atoms with Gasteiger partial charge in [0.15, 0.2) is 0 Å². The normalized spacial score (nSPS) is 14.1. The molecule has 16 heavy (non-hydrogen) atoms. The van der Waals surface area contributed by atoms with Crippen LogP contribution in [0, 0.1) is 6.92 Å². The van der Waals surface area contributed by atoms with Gasteiger partial charge >= 0.3 is 6.18 Å². The van der Waals surface area contributed by atoms with Gasteiger partial charge in [0.25, 0.3) is 0 Å². The predicted octanol–water partition coefficient (Wildman–Crippen LogP) is 2.84. The Labute approximate surface area is 96.2 Å². The van der Waals surface area contributed by atoms with Crippen LogP contribution in [-0.2, 0) is 0 Å². The number of nitrogens with zero attached hydrogens (tertiary/aromatic N) is 2. The summed E-state index contributed by atoms with van der Waals surface area (Å²) in [5, 5.41) is 6.84. The highest BCUT2D eigenvalue weighted by Crippen LogP contribution is 2.29. The molecular weight excluding hydrogens is 239 g/mol. The highest BCUT2D eigenvalue weighted by atomic mass is 32.1. The smallest absolute Gasteiger partial charge is 0.309 e. The molecule has 0 saturated carbocycles. The lowest BCUT2D eigenvalue weighted by atomic mass is 10.1. The van der Waals surface area contributed by atoms with Gasteiger partial charge in [0.05, 0.1) is 10.6 Å². The second-order valence-electron chi connectivity index (χ2n) is 3.49. The first kappa shape index (κ1) is 13.4. The van der Waals surface area contributed by atoms with Crippen molar-refractivity contribution >= 4 is 11.5 Å². The van der Waals surface area contributed by atoms with Gasteiger partial charge in [-0.05, 0) is 31.4 Å². The Morgan fingerprint density at radius 1 is 1.44 bits per heavy atom. The molecule has 1 aromatic rings. The van der Waals surface area contributed by atoms with Crippen LogP contribution in [0.2, 0.25) is 0 Å². The van der Waals surface area contributed by atoms with Crippen molar-refractivity contribution in [2.45, 2.75) is 38.9 Å². The molecule has 7 heteroatoms. The maximum atomic E-state index is 12.1. The third kappa shape index (κ3) is 4.05. The Morgan fingerprint density at radius 3 is 2.56 bits per heavy atom. The lowest BCUT2D eigenvalue weighted by Gasteiger charge is -2.17. The van der Waals surface area contributed by atoms with E-state index < -0.39 is 12.6 Å². The van der Waals surface area contributed by atoms with Crippen molar-refractivity contribution in [2.75, 3.05) is 6.54 Å². The van der Waals surface area contributed by atoms with Gasteiger partial charge in [-0.25, -0.2) is 0 Å². The number of halogens is 3. The fourth-order valence-corrected chi connectivity index (χ4v) is 2.19. The molecule has 0 radical (unpaired) electrons. The molecule has 0 fully saturated rings. The lowest BCUT2D eigenvalue weighted by Crippen LogP contribution is -2.23.